The van der Waals surface area contributed by atoms with Crippen molar-refractivity contribution in [1.29, 1.82) is 0 Å². The molecule has 20 heavy (non-hydrogen) atoms. The number of carbonyl (C=O) groups excluding carboxylic acids is 1. The quantitative estimate of drug-likeness (QED) is 0.616. The molecule has 3 N–H and O–H groups in total. The fraction of sp³-hybridized carbons (Fsp3) is 0.867. The van der Waals surface area contributed by atoms with E-state index in [1.807, 2.05) is 0 Å². The number of likely N-dealkylation sites (tertiary alicyclic amines) is 1. The summed E-state index contributed by atoms with van der Waals surface area (Å²) < 4.78 is 0. The van der Waals surface area contributed by atoms with Crippen LogP contribution in [0.4, 0.5) is 0 Å². The third kappa shape index (κ3) is 3.70. The van der Waals surface area contributed by atoms with Crippen molar-refractivity contribution in [3.8, 4) is 0 Å². The predicted octanol–water partition coefficient (Wildman–Crippen LogP) is 1.82. The summed E-state index contributed by atoms with van der Waals surface area (Å²) in [4.78, 5) is 15.3. The topological polar surface area (TPSA) is 58.4 Å². The Morgan fingerprint density at radius 1 is 1.20 bits per heavy atom. The van der Waals surface area contributed by atoms with Crippen LogP contribution in [0.3, 0.4) is 0 Å². The van der Waals surface area contributed by atoms with Crippen LogP contribution in [0.1, 0.15) is 51.4 Å². The van der Waals surface area contributed by atoms with Crippen LogP contribution in [0.25, 0.3) is 0 Å². The highest BCUT2D eigenvalue weighted by molar-refractivity contribution is 7.80. The van der Waals surface area contributed by atoms with Gasteiger partial charge in [0.15, 0.2) is 0 Å². The highest BCUT2D eigenvalue weighted by Crippen LogP contribution is 2.26. The number of amides is 1. The van der Waals surface area contributed by atoms with Crippen molar-refractivity contribution >= 4 is 23.1 Å². The summed E-state index contributed by atoms with van der Waals surface area (Å²) in [5.74, 6) is 0.327. The Hall–Kier alpha value is -0.680. The van der Waals surface area contributed by atoms with E-state index in [9.17, 15) is 4.79 Å². The number of hydrogen-bond acceptors (Lipinski definition) is 3. The van der Waals surface area contributed by atoms with Gasteiger partial charge in [-0.1, -0.05) is 37.9 Å². The summed E-state index contributed by atoms with van der Waals surface area (Å²) in [6, 6.07) is 0. The van der Waals surface area contributed by atoms with Crippen LogP contribution in [-0.4, -0.2) is 41.5 Å². The van der Waals surface area contributed by atoms with Gasteiger partial charge in [0.05, 0.1) is 10.5 Å². The molecule has 0 radical (unpaired) electrons. The lowest BCUT2D eigenvalue weighted by Crippen LogP contribution is -2.62. The molecule has 2 fully saturated rings. The molecule has 1 heterocycles. The van der Waals surface area contributed by atoms with Gasteiger partial charge >= 0.3 is 0 Å². The third-order valence-electron chi connectivity index (χ3n) is 4.90. The maximum atomic E-state index is 12.6. The number of thiocarbonyl (C=S) groups is 1. The van der Waals surface area contributed by atoms with Crippen LogP contribution in [0.15, 0.2) is 0 Å². The fourth-order valence-corrected chi connectivity index (χ4v) is 3.57. The summed E-state index contributed by atoms with van der Waals surface area (Å²) in [6.07, 6.45) is 8.54. The van der Waals surface area contributed by atoms with Gasteiger partial charge in [-0.15, -0.1) is 0 Å². The minimum absolute atomic E-state index is 0.156. The normalized spacial score (nSPS) is 24.9. The van der Waals surface area contributed by atoms with E-state index in [4.69, 9.17) is 18.0 Å². The number of carbonyl (C=O) groups is 1. The van der Waals surface area contributed by atoms with E-state index in [2.05, 4.69) is 17.3 Å². The van der Waals surface area contributed by atoms with Crippen LogP contribution in [0.5, 0.6) is 0 Å². The second-order valence-electron chi connectivity index (χ2n) is 6.43. The first-order valence-corrected chi connectivity index (χ1v) is 8.25. The number of piperidine rings is 1. The Morgan fingerprint density at radius 3 is 2.25 bits per heavy atom. The Labute approximate surface area is 127 Å². The molecule has 5 heteroatoms. The zero-order valence-electron chi connectivity index (χ0n) is 12.5. The molecule has 114 valence electrons. The molecule has 0 atom stereocenters. The fourth-order valence-electron chi connectivity index (χ4n) is 3.31. The average molecular weight is 297 g/mol. The van der Waals surface area contributed by atoms with E-state index in [1.165, 1.54) is 25.7 Å². The van der Waals surface area contributed by atoms with E-state index < -0.39 is 5.54 Å². The second-order valence-corrected chi connectivity index (χ2v) is 6.87. The predicted molar refractivity (Wildman–Crippen MR) is 85.6 cm³/mol. The molecular weight excluding hydrogens is 270 g/mol. The standard InChI is InChI=1S/C15H27N3OS/c1-18-10-8-15(9-11-18,14(16)20)17-13(19)12-6-4-2-3-5-7-12/h12H,2-11H2,1H3,(H2,16,20)(H,17,19). The molecule has 1 amide bonds. The van der Waals surface area contributed by atoms with Gasteiger partial charge in [0, 0.05) is 19.0 Å². The summed E-state index contributed by atoms with van der Waals surface area (Å²) in [7, 11) is 2.09. The first-order valence-electron chi connectivity index (χ1n) is 7.84. The molecule has 0 aromatic carbocycles. The molecule has 1 saturated heterocycles. The molecule has 0 spiro atoms. The number of nitrogens with two attached hydrogens (primary N) is 1. The van der Waals surface area contributed by atoms with Gasteiger partial charge in [0.2, 0.25) is 5.91 Å². The number of nitrogens with one attached hydrogen (secondary N) is 1. The highest BCUT2D eigenvalue weighted by atomic mass is 32.1. The van der Waals surface area contributed by atoms with Gasteiger partial charge in [0.1, 0.15) is 0 Å². The van der Waals surface area contributed by atoms with E-state index in [0.29, 0.717) is 4.99 Å². The Kier molecular flexibility index (Phi) is 5.38. The Balaban J connectivity index is 2.00. The molecule has 1 aliphatic carbocycles. The van der Waals surface area contributed by atoms with Gasteiger partial charge in [-0.05, 0) is 32.7 Å². The summed E-state index contributed by atoms with van der Waals surface area (Å²) in [6.45, 7) is 1.87. The van der Waals surface area contributed by atoms with E-state index >= 15 is 0 Å². The monoisotopic (exact) mass is 297 g/mol. The lowest BCUT2D eigenvalue weighted by molar-refractivity contribution is -0.127. The van der Waals surface area contributed by atoms with Gasteiger partial charge < -0.3 is 16.0 Å². The van der Waals surface area contributed by atoms with E-state index in [1.54, 1.807) is 0 Å². The lowest BCUT2D eigenvalue weighted by atomic mass is 9.86. The number of nitrogens with zero attached hydrogens (tertiary/aromatic N) is 1. The molecule has 0 aromatic heterocycles. The smallest absolute Gasteiger partial charge is 0.223 e. The number of rotatable bonds is 3. The highest BCUT2D eigenvalue weighted by Gasteiger charge is 2.39. The second kappa shape index (κ2) is 6.85. The Morgan fingerprint density at radius 2 is 1.75 bits per heavy atom. The van der Waals surface area contributed by atoms with Crippen molar-refractivity contribution < 1.29 is 4.79 Å². The van der Waals surface area contributed by atoms with Crippen LogP contribution in [-0.2, 0) is 4.79 Å². The maximum Gasteiger partial charge on any atom is 0.223 e. The van der Waals surface area contributed by atoms with Crippen molar-refractivity contribution in [2.24, 2.45) is 11.7 Å². The molecular formula is C15H27N3OS. The third-order valence-corrected chi connectivity index (χ3v) is 5.29. The van der Waals surface area contributed by atoms with Crippen molar-refractivity contribution in [1.82, 2.24) is 10.2 Å². The zero-order valence-corrected chi connectivity index (χ0v) is 13.3. The largest absolute Gasteiger partial charge is 0.391 e. The first-order chi connectivity index (χ1) is 9.53. The van der Waals surface area contributed by atoms with Gasteiger partial charge in [-0.25, -0.2) is 0 Å². The van der Waals surface area contributed by atoms with Gasteiger partial charge in [-0.2, -0.15) is 0 Å². The van der Waals surface area contributed by atoms with Crippen LogP contribution in [0.2, 0.25) is 0 Å². The minimum Gasteiger partial charge on any atom is -0.391 e. The van der Waals surface area contributed by atoms with Crippen LogP contribution in [0, 0.1) is 5.92 Å². The van der Waals surface area contributed by atoms with Crippen molar-refractivity contribution in [3.05, 3.63) is 0 Å². The molecule has 0 bridgehead atoms. The van der Waals surface area contributed by atoms with Crippen molar-refractivity contribution in [2.75, 3.05) is 20.1 Å². The number of hydrogen-bond donors (Lipinski definition) is 2. The molecule has 0 aromatic rings. The first kappa shape index (κ1) is 15.7. The molecule has 0 unspecified atom stereocenters. The SMILES string of the molecule is CN1CCC(NC(=O)C2CCCCCC2)(C(N)=S)CC1. The van der Waals surface area contributed by atoms with Crippen molar-refractivity contribution in [2.45, 2.75) is 56.9 Å². The Bertz CT molecular complexity index is 356. The van der Waals surface area contributed by atoms with Gasteiger partial charge in [0.25, 0.3) is 0 Å². The lowest BCUT2D eigenvalue weighted by Gasteiger charge is -2.41. The zero-order chi connectivity index (χ0) is 14.6. The summed E-state index contributed by atoms with van der Waals surface area (Å²) in [5.41, 5.74) is 5.50. The van der Waals surface area contributed by atoms with Crippen LogP contribution >= 0.6 is 12.2 Å². The maximum absolute atomic E-state index is 12.6. The van der Waals surface area contributed by atoms with Gasteiger partial charge in [-0.3, -0.25) is 4.79 Å². The molecule has 1 saturated carbocycles. The molecule has 4 nitrogen and oxygen atoms in total. The summed E-state index contributed by atoms with van der Waals surface area (Å²) >= 11 is 5.26. The van der Waals surface area contributed by atoms with E-state index in [-0.39, 0.29) is 11.8 Å². The molecule has 2 rings (SSSR count). The van der Waals surface area contributed by atoms with E-state index in [0.717, 1.165) is 38.8 Å². The van der Waals surface area contributed by atoms with Crippen molar-refractivity contribution in [3.63, 3.8) is 0 Å². The summed E-state index contributed by atoms with van der Waals surface area (Å²) in [5, 5.41) is 3.22. The molecule has 1 aliphatic heterocycles. The minimum atomic E-state index is -0.453. The average Bonchev–Trinajstić information content (AvgIpc) is 2.70. The molecule has 2 aliphatic rings. The van der Waals surface area contributed by atoms with Crippen LogP contribution < -0.4 is 11.1 Å².